The Morgan fingerprint density at radius 1 is 1.25 bits per heavy atom. The van der Waals surface area contributed by atoms with E-state index in [1.807, 2.05) is 0 Å². The fourth-order valence-electron chi connectivity index (χ4n) is 1.77. The Kier molecular flexibility index (Phi) is 5.10. The number of nitrogens with two attached hydrogens (primary N) is 1. The summed E-state index contributed by atoms with van der Waals surface area (Å²) in [6.45, 7) is 3.20. The molecular weight excluding hydrogens is 346 g/mol. The van der Waals surface area contributed by atoms with Crippen molar-refractivity contribution in [3.05, 3.63) is 22.2 Å². The van der Waals surface area contributed by atoms with E-state index in [1.165, 1.54) is 13.4 Å². The average molecular weight is 366 g/mol. The third kappa shape index (κ3) is 2.94. The summed E-state index contributed by atoms with van der Waals surface area (Å²) in [5, 5.41) is 0. The molecule has 7 heteroatoms. The second kappa shape index (κ2) is 5.91. The predicted octanol–water partition coefficient (Wildman–Crippen LogP) is 2.29. The second-order valence-corrected chi connectivity index (χ2v) is 8.45. The van der Waals surface area contributed by atoms with E-state index in [0.717, 1.165) is 0 Å². The molecule has 0 aromatic heterocycles. The lowest BCUT2D eigenvalue weighted by molar-refractivity contribution is 0.379. The van der Waals surface area contributed by atoms with Gasteiger partial charge in [0.05, 0.1) is 25.0 Å². The molecule has 114 valence electrons. The molecular formula is C13H20BrNO4S. The number of sulfone groups is 1. The van der Waals surface area contributed by atoms with Crippen molar-refractivity contribution in [1.82, 2.24) is 0 Å². The smallest absolute Gasteiger partial charge is 0.154 e. The highest BCUT2D eigenvalue weighted by Gasteiger charge is 2.39. The summed E-state index contributed by atoms with van der Waals surface area (Å²) in [6, 6.07) is 2.72. The molecule has 0 saturated carbocycles. The van der Waals surface area contributed by atoms with Gasteiger partial charge in [-0.15, -0.1) is 0 Å². The summed E-state index contributed by atoms with van der Waals surface area (Å²) in [5.41, 5.74) is 6.78. The Hall–Kier alpha value is -0.790. The van der Waals surface area contributed by atoms with Crippen LogP contribution in [-0.4, -0.2) is 33.6 Å². The minimum absolute atomic E-state index is 0.480. The third-order valence-corrected chi connectivity index (χ3v) is 6.47. The third-order valence-electron chi connectivity index (χ3n) is 3.56. The zero-order valence-corrected chi connectivity index (χ0v) is 14.6. The molecule has 0 aliphatic rings. The van der Waals surface area contributed by atoms with Gasteiger partial charge in [-0.1, -0.05) is 0 Å². The molecule has 0 aliphatic heterocycles. The maximum absolute atomic E-state index is 11.9. The van der Waals surface area contributed by atoms with E-state index in [9.17, 15) is 8.42 Å². The van der Waals surface area contributed by atoms with E-state index in [-0.39, 0.29) is 0 Å². The Morgan fingerprint density at radius 3 is 2.20 bits per heavy atom. The molecule has 0 bridgehead atoms. The molecule has 1 aromatic carbocycles. The van der Waals surface area contributed by atoms with Crippen molar-refractivity contribution >= 4 is 25.8 Å². The van der Waals surface area contributed by atoms with E-state index in [0.29, 0.717) is 21.5 Å². The first-order chi connectivity index (χ1) is 9.07. The maximum atomic E-state index is 11.9. The fraction of sp³-hybridized carbons (Fsp3) is 0.538. The summed E-state index contributed by atoms with van der Waals surface area (Å²) in [6.07, 6.45) is 1.18. The van der Waals surface area contributed by atoms with Crippen molar-refractivity contribution in [1.29, 1.82) is 0 Å². The van der Waals surface area contributed by atoms with Gasteiger partial charge in [-0.2, -0.15) is 0 Å². The molecule has 0 saturated heterocycles. The molecule has 0 amide bonds. The molecule has 1 unspecified atom stereocenters. The van der Waals surface area contributed by atoms with Crippen LogP contribution in [0, 0.1) is 0 Å². The highest BCUT2D eigenvalue weighted by molar-refractivity contribution is 9.10. The molecule has 0 aliphatic carbocycles. The lowest BCUT2D eigenvalue weighted by atomic mass is 9.95. The van der Waals surface area contributed by atoms with Crippen LogP contribution in [0.4, 0.5) is 0 Å². The Balaban J connectivity index is 3.45. The molecule has 5 nitrogen and oxygen atoms in total. The summed E-state index contributed by atoms with van der Waals surface area (Å²) in [7, 11) is -0.286. The first-order valence-corrected chi connectivity index (χ1v) is 8.62. The molecule has 2 N–H and O–H groups in total. The minimum Gasteiger partial charge on any atom is -0.495 e. The van der Waals surface area contributed by atoms with Gasteiger partial charge in [0, 0.05) is 11.8 Å². The van der Waals surface area contributed by atoms with Crippen LogP contribution < -0.4 is 15.2 Å². The van der Waals surface area contributed by atoms with Crippen molar-refractivity contribution in [2.75, 3.05) is 20.5 Å². The van der Waals surface area contributed by atoms with Crippen molar-refractivity contribution in [2.24, 2.45) is 5.73 Å². The fourth-order valence-corrected chi connectivity index (χ4v) is 3.04. The van der Waals surface area contributed by atoms with Gasteiger partial charge in [-0.05, 0) is 41.9 Å². The SMILES string of the molecule is COc1ccc(C(N)C(C)(C)S(C)(=O)=O)c(OC)c1Br. The van der Waals surface area contributed by atoms with Gasteiger partial charge >= 0.3 is 0 Å². The van der Waals surface area contributed by atoms with Crippen molar-refractivity contribution in [3.8, 4) is 11.5 Å². The van der Waals surface area contributed by atoms with E-state index >= 15 is 0 Å². The van der Waals surface area contributed by atoms with Gasteiger partial charge in [0.15, 0.2) is 9.84 Å². The first-order valence-electron chi connectivity index (χ1n) is 5.93. The molecule has 1 atom stereocenters. The van der Waals surface area contributed by atoms with Gasteiger partial charge in [0.25, 0.3) is 0 Å². The van der Waals surface area contributed by atoms with Gasteiger partial charge in [0.2, 0.25) is 0 Å². The Labute approximate surface area is 128 Å². The largest absolute Gasteiger partial charge is 0.495 e. The van der Waals surface area contributed by atoms with Crippen molar-refractivity contribution in [3.63, 3.8) is 0 Å². The first kappa shape index (κ1) is 17.3. The normalized spacial score (nSPS) is 13.9. The lowest BCUT2D eigenvalue weighted by Crippen LogP contribution is -2.42. The predicted molar refractivity (Wildman–Crippen MR) is 83.1 cm³/mol. The minimum atomic E-state index is -3.33. The van der Waals surface area contributed by atoms with E-state index in [4.69, 9.17) is 15.2 Å². The topological polar surface area (TPSA) is 78.6 Å². The van der Waals surface area contributed by atoms with E-state index in [1.54, 1.807) is 33.1 Å². The van der Waals surface area contributed by atoms with Crippen molar-refractivity contribution < 1.29 is 17.9 Å². The Morgan fingerprint density at radius 2 is 1.80 bits per heavy atom. The number of benzene rings is 1. The van der Waals surface area contributed by atoms with Crippen LogP contribution in [0.5, 0.6) is 11.5 Å². The van der Waals surface area contributed by atoms with Gasteiger partial charge in [0.1, 0.15) is 16.0 Å². The van der Waals surface area contributed by atoms with Crippen LogP contribution >= 0.6 is 15.9 Å². The molecule has 0 heterocycles. The summed E-state index contributed by atoms with van der Waals surface area (Å²) >= 11 is 3.38. The molecule has 20 heavy (non-hydrogen) atoms. The van der Waals surface area contributed by atoms with Crippen LogP contribution in [0.3, 0.4) is 0 Å². The quantitative estimate of drug-likeness (QED) is 0.865. The molecule has 0 spiro atoms. The summed E-state index contributed by atoms with van der Waals surface area (Å²) < 4.78 is 33.9. The monoisotopic (exact) mass is 365 g/mol. The summed E-state index contributed by atoms with van der Waals surface area (Å²) in [5.74, 6) is 1.07. The highest BCUT2D eigenvalue weighted by Crippen LogP contribution is 2.42. The maximum Gasteiger partial charge on any atom is 0.154 e. The van der Waals surface area contributed by atoms with Crippen molar-refractivity contribution in [2.45, 2.75) is 24.6 Å². The van der Waals surface area contributed by atoms with E-state index in [2.05, 4.69) is 15.9 Å². The Bertz CT molecular complexity index is 599. The lowest BCUT2D eigenvalue weighted by Gasteiger charge is -2.31. The second-order valence-electron chi connectivity index (χ2n) is 5.06. The highest BCUT2D eigenvalue weighted by atomic mass is 79.9. The number of halogens is 1. The number of hydrogen-bond donors (Lipinski definition) is 1. The van der Waals surface area contributed by atoms with Gasteiger partial charge in [-0.3, -0.25) is 0 Å². The van der Waals surface area contributed by atoms with Crippen LogP contribution in [0.15, 0.2) is 16.6 Å². The zero-order chi connectivity index (χ0) is 15.7. The number of ether oxygens (including phenoxy) is 2. The van der Waals surface area contributed by atoms with Gasteiger partial charge in [-0.25, -0.2) is 8.42 Å². The molecule has 1 rings (SSSR count). The van der Waals surface area contributed by atoms with Gasteiger partial charge < -0.3 is 15.2 Å². The summed E-state index contributed by atoms with van der Waals surface area (Å²) in [4.78, 5) is 0. The van der Waals surface area contributed by atoms with Crippen LogP contribution in [0.25, 0.3) is 0 Å². The molecule has 1 aromatic rings. The number of methoxy groups -OCH3 is 2. The zero-order valence-electron chi connectivity index (χ0n) is 12.2. The standard InChI is InChI=1S/C13H20BrNO4S/c1-13(2,20(5,16)17)12(15)8-6-7-9(18-3)10(14)11(8)19-4/h6-7,12H,15H2,1-5H3. The molecule has 0 radical (unpaired) electrons. The van der Waals surface area contributed by atoms with Crippen LogP contribution in [-0.2, 0) is 9.84 Å². The number of rotatable bonds is 5. The average Bonchev–Trinajstić information content (AvgIpc) is 2.36. The molecule has 0 fully saturated rings. The van der Waals surface area contributed by atoms with Crippen LogP contribution in [0.1, 0.15) is 25.5 Å². The van der Waals surface area contributed by atoms with E-state index < -0.39 is 20.6 Å². The van der Waals surface area contributed by atoms with Crippen LogP contribution in [0.2, 0.25) is 0 Å². The number of hydrogen-bond acceptors (Lipinski definition) is 5.